The number of rotatable bonds is 7. The van der Waals surface area contributed by atoms with Crippen LogP contribution in [0.1, 0.15) is 25.7 Å². The third kappa shape index (κ3) is 5.56. The summed E-state index contributed by atoms with van der Waals surface area (Å²) in [5.41, 5.74) is 0. The van der Waals surface area contributed by atoms with Crippen LogP contribution in [0.2, 0.25) is 0 Å². The van der Waals surface area contributed by atoms with Crippen LogP contribution in [0, 0.1) is 0 Å². The van der Waals surface area contributed by atoms with Crippen molar-refractivity contribution in [3.8, 4) is 0 Å². The van der Waals surface area contributed by atoms with Crippen molar-refractivity contribution in [1.29, 1.82) is 0 Å². The lowest BCUT2D eigenvalue weighted by molar-refractivity contribution is -0.129. The van der Waals surface area contributed by atoms with Crippen LogP contribution in [-0.4, -0.2) is 23.3 Å². The molecule has 0 aliphatic carbocycles. The Morgan fingerprint density at radius 2 is 2.00 bits per heavy atom. The maximum atomic E-state index is 10.6. The molecule has 0 radical (unpaired) electrons. The highest BCUT2D eigenvalue weighted by atomic mass is 35.5. The quantitative estimate of drug-likeness (QED) is 0.280. The number of carbonyl (C=O) groups excluding carboxylic acids is 2. The molecule has 0 spiro atoms. The first-order valence-corrected chi connectivity index (χ1v) is 4.88. The fraction of sp³-hybridized carbons (Fsp3) is 0.750. The third-order valence-corrected chi connectivity index (χ3v) is 2.22. The molecule has 1 atom stereocenters. The summed E-state index contributed by atoms with van der Waals surface area (Å²) in [7, 11) is 0. The summed E-state index contributed by atoms with van der Waals surface area (Å²) in [6.45, 7) is 0. The molecular formula is C8H12Cl2O2. The van der Waals surface area contributed by atoms with E-state index in [1.165, 1.54) is 0 Å². The summed E-state index contributed by atoms with van der Waals surface area (Å²) in [6, 6.07) is 0. The Bertz CT molecular complexity index is 148. The lowest BCUT2D eigenvalue weighted by Gasteiger charge is -2.02. The van der Waals surface area contributed by atoms with E-state index >= 15 is 0 Å². The molecule has 0 aliphatic rings. The summed E-state index contributed by atoms with van der Waals surface area (Å²) in [5, 5.41) is -0.641. The van der Waals surface area contributed by atoms with Gasteiger partial charge in [-0.2, -0.15) is 0 Å². The molecule has 0 heterocycles. The fourth-order valence-electron chi connectivity index (χ4n) is 0.811. The van der Waals surface area contributed by atoms with Crippen molar-refractivity contribution in [2.24, 2.45) is 0 Å². The van der Waals surface area contributed by atoms with Gasteiger partial charge >= 0.3 is 0 Å². The average Bonchev–Trinajstić information content (AvgIpc) is 2.10. The molecule has 0 aromatic carbocycles. The normalized spacial score (nSPS) is 12.5. The molecular weight excluding hydrogens is 199 g/mol. The van der Waals surface area contributed by atoms with E-state index in [0.29, 0.717) is 12.3 Å². The summed E-state index contributed by atoms with van der Waals surface area (Å²) in [5.74, 6) is 0.108. The standard InChI is InChI=1S/C8H12Cl2O2/c9-5-3-1-2-4-7(10)8(12)6-11/h6-7H,1-5H2. The molecule has 0 saturated heterocycles. The van der Waals surface area contributed by atoms with Crippen LogP contribution >= 0.6 is 23.2 Å². The lowest BCUT2D eigenvalue weighted by atomic mass is 10.1. The zero-order chi connectivity index (χ0) is 9.40. The Labute approximate surface area is 82.2 Å². The molecule has 1 unspecified atom stereocenters. The van der Waals surface area contributed by atoms with Gasteiger partial charge in [-0.25, -0.2) is 0 Å². The van der Waals surface area contributed by atoms with Crippen molar-refractivity contribution >= 4 is 35.3 Å². The van der Waals surface area contributed by atoms with Crippen LogP contribution in [0.3, 0.4) is 0 Å². The Morgan fingerprint density at radius 1 is 1.33 bits per heavy atom. The lowest BCUT2D eigenvalue weighted by Crippen LogP contribution is -2.15. The second kappa shape index (κ2) is 7.56. The zero-order valence-electron chi connectivity index (χ0n) is 6.76. The molecule has 0 aromatic heterocycles. The second-order valence-electron chi connectivity index (χ2n) is 2.53. The molecule has 0 N–H and O–H groups in total. The summed E-state index contributed by atoms with van der Waals surface area (Å²) < 4.78 is 0. The third-order valence-electron chi connectivity index (χ3n) is 1.52. The summed E-state index contributed by atoms with van der Waals surface area (Å²) in [6.07, 6.45) is 3.58. The monoisotopic (exact) mass is 210 g/mol. The van der Waals surface area contributed by atoms with Gasteiger partial charge in [0.1, 0.15) is 0 Å². The van der Waals surface area contributed by atoms with E-state index in [0.717, 1.165) is 19.3 Å². The topological polar surface area (TPSA) is 34.1 Å². The van der Waals surface area contributed by atoms with Gasteiger partial charge in [-0.3, -0.25) is 9.59 Å². The van der Waals surface area contributed by atoms with Crippen molar-refractivity contribution in [2.75, 3.05) is 5.88 Å². The molecule has 0 amide bonds. The van der Waals surface area contributed by atoms with Crippen molar-refractivity contribution < 1.29 is 9.59 Å². The van der Waals surface area contributed by atoms with E-state index in [-0.39, 0.29) is 6.29 Å². The highest BCUT2D eigenvalue weighted by molar-refractivity contribution is 6.43. The highest BCUT2D eigenvalue weighted by Gasteiger charge is 2.12. The molecule has 0 bridgehead atoms. The van der Waals surface area contributed by atoms with E-state index in [9.17, 15) is 9.59 Å². The zero-order valence-corrected chi connectivity index (χ0v) is 8.27. The van der Waals surface area contributed by atoms with E-state index in [4.69, 9.17) is 23.2 Å². The number of alkyl halides is 2. The van der Waals surface area contributed by atoms with Gasteiger partial charge in [-0.1, -0.05) is 12.8 Å². The van der Waals surface area contributed by atoms with Crippen LogP contribution in [-0.2, 0) is 9.59 Å². The Kier molecular flexibility index (Phi) is 7.51. The minimum atomic E-state index is -0.641. The number of carbonyl (C=O) groups is 2. The van der Waals surface area contributed by atoms with Crippen LogP contribution in [0.15, 0.2) is 0 Å². The first-order valence-electron chi connectivity index (χ1n) is 3.91. The van der Waals surface area contributed by atoms with Gasteiger partial charge in [-0.15, -0.1) is 23.2 Å². The Balaban J connectivity index is 3.37. The smallest absolute Gasteiger partial charge is 0.212 e. The molecule has 4 heteroatoms. The molecule has 70 valence electrons. The van der Waals surface area contributed by atoms with Crippen molar-refractivity contribution in [3.05, 3.63) is 0 Å². The Hall–Kier alpha value is -0.0800. The number of Topliss-reactive ketones (excluding diaryl/α,β-unsaturated/α-hetero) is 1. The highest BCUT2D eigenvalue weighted by Crippen LogP contribution is 2.09. The van der Waals surface area contributed by atoms with E-state index in [2.05, 4.69) is 0 Å². The van der Waals surface area contributed by atoms with Gasteiger partial charge in [-0.05, 0) is 12.8 Å². The van der Waals surface area contributed by atoms with E-state index < -0.39 is 11.2 Å². The molecule has 0 aromatic rings. The summed E-state index contributed by atoms with van der Waals surface area (Å²) in [4.78, 5) is 20.6. The fourth-order valence-corrected chi connectivity index (χ4v) is 1.21. The molecule has 0 saturated carbocycles. The minimum Gasteiger partial charge on any atom is -0.295 e. The molecule has 0 aliphatic heterocycles. The van der Waals surface area contributed by atoms with Gasteiger partial charge in [0.2, 0.25) is 5.78 Å². The van der Waals surface area contributed by atoms with Gasteiger partial charge in [0.05, 0.1) is 5.38 Å². The summed E-state index contributed by atoms with van der Waals surface area (Å²) >= 11 is 11.0. The van der Waals surface area contributed by atoms with Crippen molar-refractivity contribution in [1.82, 2.24) is 0 Å². The van der Waals surface area contributed by atoms with Crippen LogP contribution in [0.4, 0.5) is 0 Å². The first-order chi connectivity index (χ1) is 5.72. The van der Waals surface area contributed by atoms with Gasteiger partial charge in [0, 0.05) is 5.88 Å². The predicted octanol–water partition coefficient (Wildman–Crippen LogP) is 2.16. The van der Waals surface area contributed by atoms with Crippen LogP contribution < -0.4 is 0 Å². The number of halogens is 2. The SMILES string of the molecule is O=CC(=O)C(Cl)CCCCCCl. The molecule has 0 rings (SSSR count). The van der Waals surface area contributed by atoms with Gasteiger partial charge in [0.15, 0.2) is 6.29 Å². The average molecular weight is 211 g/mol. The van der Waals surface area contributed by atoms with Gasteiger partial charge in [0.25, 0.3) is 0 Å². The van der Waals surface area contributed by atoms with E-state index in [1.54, 1.807) is 0 Å². The maximum absolute atomic E-state index is 10.6. The Morgan fingerprint density at radius 3 is 2.50 bits per heavy atom. The predicted molar refractivity (Wildman–Crippen MR) is 49.9 cm³/mol. The van der Waals surface area contributed by atoms with Crippen LogP contribution in [0.25, 0.3) is 0 Å². The molecule has 0 fully saturated rings. The molecule has 2 nitrogen and oxygen atoms in total. The number of ketones is 1. The minimum absolute atomic E-state index is 0.277. The number of hydrogen-bond acceptors (Lipinski definition) is 2. The van der Waals surface area contributed by atoms with E-state index in [1.807, 2.05) is 0 Å². The largest absolute Gasteiger partial charge is 0.295 e. The second-order valence-corrected chi connectivity index (χ2v) is 3.43. The first kappa shape index (κ1) is 11.9. The van der Waals surface area contributed by atoms with Crippen LogP contribution in [0.5, 0.6) is 0 Å². The number of unbranched alkanes of at least 4 members (excludes halogenated alkanes) is 2. The van der Waals surface area contributed by atoms with Crippen molar-refractivity contribution in [3.63, 3.8) is 0 Å². The van der Waals surface area contributed by atoms with Crippen molar-refractivity contribution in [2.45, 2.75) is 31.1 Å². The van der Waals surface area contributed by atoms with Gasteiger partial charge < -0.3 is 0 Å². The number of aldehydes is 1. The maximum Gasteiger partial charge on any atom is 0.212 e. The molecule has 12 heavy (non-hydrogen) atoms. The number of hydrogen-bond donors (Lipinski definition) is 0.